The predicted molar refractivity (Wildman–Crippen MR) is 55.9 cm³/mol. The van der Waals surface area contributed by atoms with Crippen LogP contribution in [0, 0.1) is 0 Å². The lowest BCUT2D eigenvalue weighted by atomic mass is 10.1. The van der Waals surface area contributed by atoms with Crippen LogP contribution in [0.4, 0.5) is 0 Å². The van der Waals surface area contributed by atoms with Crippen molar-refractivity contribution < 1.29 is 0 Å². The first-order valence-electron chi connectivity index (χ1n) is 3.75. The van der Waals surface area contributed by atoms with Gasteiger partial charge < -0.3 is 0 Å². The number of hydrogen-bond acceptors (Lipinski definition) is 0. The molecule has 0 aliphatic heterocycles. The van der Waals surface area contributed by atoms with Gasteiger partial charge in [0.25, 0.3) is 0 Å². The lowest BCUT2D eigenvalue weighted by molar-refractivity contribution is 0.998. The Morgan fingerprint density at radius 1 is 1.45 bits per heavy atom. The molecule has 0 spiro atoms. The largest absolute Gasteiger partial charge is 0.0988 e. The molecule has 0 nitrogen and oxygen atoms in total. The van der Waals surface area contributed by atoms with Crippen LogP contribution in [0.15, 0.2) is 34.9 Å². The van der Waals surface area contributed by atoms with E-state index in [0.717, 1.165) is 12.8 Å². The molecule has 0 aromatic carbocycles. The second-order valence-corrected chi connectivity index (χ2v) is 3.17. The smallest absolute Gasteiger partial charge is 0.0157 e. The number of hydrogen-bond donors (Lipinski definition) is 0. The standard InChI is InChI=1S/C10H15Br/c1-4-10(8-11)7-5-6-9(2)3/h4,6,8H,1,5,7H2,2-3H3. The van der Waals surface area contributed by atoms with E-state index in [1.807, 2.05) is 11.1 Å². The third-order valence-electron chi connectivity index (χ3n) is 1.39. The average Bonchev–Trinajstić information content (AvgIpc) is 1.98. The first-order chi connectivity index (χ1) is 5.20. The molecular formula is C10H15Br. The zero-order chi connectivity index (χ0) is 8.69. The van der Waals surface area contributed by atoms with Crippen LogP contribution in [0.5, 0.6) is 0 Å². The van der Waals surface area contributed by atoms with Crippen molar-refractivity contribution >= 4 is 15.9 Å². The summed E-state index contributed by atoms with van der Waals surface area (Å²) in [5.74, 6) is 0. The van der Waals surface area contributed by atoms with Crippen LogP contribution in [-0.4, -0.2) is 0 Å². The number of halogens is 1. The molecule has 11 heavy (non-hydrogen) atoms. The van der Waals surface area contributed by atoms with Crippen LogP contribution < -0.4 is 0 Å². The van der Waals surface area contributed by atoms with Crippen LogP contribution in [0.1, 0.15) is 26.7 Å². The van der Waals surface area contributed by atoms with Crippen LogP contribution >= 0.6 is 15.9 Å². The highest BCUT2D eigenvalue weighted by Gasteiger charge is 1.88. The Morgan fingerprint density at radius 2 is 2.09 bits per heavy atom. The van der Waals surface area contributed by atoms with Crippen molar-refractivity contribution in [3.8, 4) is 0 Å². The molecule has 0 radical (unpaired) electrons. The molecule has 0 N–H and O–H groups in total. The van der Waals surface area contributed by atoms with Gasteiger partial charge in [0.2, 0.25) is 0 Å². The quantitative estimate of drug-likeness (QED) is 0.487. The topological polar surface area (TPSA) is 0 Å². The van der Waals surface area contributed by atoms with Gasteiger partial charge >= 0.3 is 0 Å². The van der Waals surface area contributed by atoms with Crippen LogP contribution in [0.2, 0.25) is 0 Å². The zero-order valence-corrected chi connectivity index (χ0v) is 8.82. The monoisotopic (exact) mass is 214 g/mol. The fourth-order valence-corrected chi connectivity index (χ4v) is 1.14. The molecule has 0 aliphatic rings. The van der Waals surface area contributed by atoms with E-state index in [1.54, 1.807) is 0 Å². The van der Waals surface area contributed by atoms with E-state index >= 15 is 0 Å². The average molecular weight is 215 g/mol. The van der Waals surface area contributed by atoms with Gasteiger partial charge in [0.15, 0.2) is 0 Å². The van der Waals surface area contributed by atoms with E-state index in [1.165, 1.54) is 11.1 Å². The Balaban J connectivity index is 3.70. The summed E-state index contributed by atoms with van der Waals surface area (Å²) in [5.41, 5.74) is 2.63. The third kappa shape index (κ3) is 6.11. The Hall–Kier alpha value is -0.300. The molecule has 0 atom stereocenters. The van der Waals surface area contributed by atoms with E-state index in [4.69, 9.17) is 0 Å². The van der Waals surface area contributed by atoms with Gasteiger partial charge in [-0.05, 0) is 37.2 Å². The maximum Gasteiger partial charge on any atom is -0.0157 e. The Kier molecular flexibility index (Phi) is 6.24. The van der Waals surface area contributed by atoms with Crippen molar-refractivity contribution in [2.45, 2.75) is 26.7 Å². The molecule has 0 aromatic heterocycles. The van der Waals surface area contributed by atoms with Gasteiger partial charge in [-0.15, -0.1) is 0 Å². The minimum absolute atomic E-state index is 1.07. The fourth-order valence-electron chi connectivity index (χ4n) is 0.729. The Labute approximate surface area is 77.8 Å². The number of allylic oxidation sites excluding steroid dienone is 4. The first-order valence-corrected chi connectivity index (χ1v) is 4.67. The summed E-state index contributed by atoms with van der Waals surface area (Å²) < 4.78 is 0. The van der Waals surface area contributed by atoms with Crippen molar-refractivity contribution in [3.05, 3.63) is 34.9 Å². The van der Waals surface area contributed by atoms with Gasteiger partial charge in [-0.3, -0.25) is 0 Å². The van der Waals surface area contributed by atoms with Crippen molar-refractivity contribution in [1.82, 2.24) is 0 Å². The minimum atomic E-state index is 1.07. The van der Waals surface area contributed by atoms with Crippen molar-refractivity contribution in [2.75, 3.05) is 0 Å². The molecule has 0 saturated carbocycles. The molecule has 0 fully saturated rings. The van der Waals surface area contributed by atoms with Gasteiger partial charge in [-0.1, -0.05) is 40.2 Å². The molecule has 0 aliphatic carbocycles. The van der Waals surface area contributed by atoms with Gasteiger partial charge in [0.1, 0.15) is 0 Å². The molecule has 0 saturated heterocycles. The molecule has 0 bridgehead atoms. The number of rotatable bonds is 4. The zero-order valence-electron chi connectivity index (χ0n) is 7.23. The molecule has 62 valence electrons. The van der Waals surface area contributed by atoms with Crippen molar-refractivity contribution in [2.24, 2.45) is 0 Å². The van der Waals surface area contributed by atoms with E-state index in [2.05, 4.69) is 42.4 Å². The van der Waals surface area contributed by atoms with E-state index in [0.29, 0.717) is 0 Å². The normalized spacial score (nSPS) is 11.0. The summed E-state index contributed by atoms with van der Waals surface area (Å²) in [6, 6.07) is 0. The van der Waals surface area contributed by atoms with E-state index < -0.39 is 0 Å². The summed E-state index contributed by atoms with van der Waals surface area (Å²) in [7, 11) is 0. The molecular weight excluding hydrogens is 200 g/mol. The van der Waals surface area contributed by atoms with E-state index in [9.17, 15) is 0 Å². The molecule has 0 aromatic rings. The van der Waals surface area contributed by atoms with Crippen LogP contribution in [-0.2, 0) is 0 Å². The summed E-state index contributed by atoms with van der Waals surface area (Å²) in [6.07, 6.45) is 6.29. The second kappa shape index (κ2) is 6.41. The van der Waals surface area contributed by atoms with Crippen molar-refractivity contribution in [3.63, 3.8) is 0 Å². The lowest BCUT2D eigenvalue weighted by Crippen LogP contribution is -1.75. The summed E-state index contributed by atoms with van der Waals surface area (Å²) in [6.45, 7) is 7.94. The minimum Gasteiger partial charge on any atom is -0.0988 e. The van der Waals surface area contributed by atoms with E-state index in [-0.39, 0.29) is 0 Å². The maximum absolute atomic E-state index is 3.71. The summed E-state index contributed by atoms with van der Waals surface area (Å²) >= 11 is 3.29. The summed E-state index contributed by atoms with van der Waals surface area (Å²) in [5, 5.41) is 0. The predicted octanol–water partition coefficient (Wildman–Crippen LogP) is 4.20. The lowest BCUT2D eigenvalue weighted by Gasteiger charge is -1.96. The molecule has 0 unspecified atom stereocenters. The summed E-state index contributed by atoms with van der Waals surface area (Å²) in [4.78, 5) is 1.93. The highest BCUT2D eigenvalue weighted by Crippen LogP contribution is 2.09. The van der Waals surface area contributed by atoms with Crippen molar-refractivity contribution in [1.29, 1.82) is 0 Å². The molecule has 0 rings (SSSR count). The second-order valence-electron chi connectivity index (χ2n) is 2.71. The van der Waals surface area contributed by atoms with Crippen LogP contribution in [0.3, 0.4) is 0 Å². The van der Waals surface area contributed by atoms with Gasteiger partial charge in [-0.2, -0.15) is 0 Å². The molecule has 1 heteroatoms. The highest BCUT2D eigenvalue weighted by atomic mass is 79.9. The van der Waals surface area contributed by atoms with Gasteiger partial charge in [0.05, 0.1) is 0 Å². The first kappa shape index (κ1) is 10.7. The third-order valence-corrected chi connectivity index (χ3v) is 1.98. The SMILES string of the molecule is C=CC(=CBr)CCC=C(C)C. The van der Waals surface area contributed by atoms with Crippen LogP contribution in [0.25, 0.3) is 0 Å². The Morgan fingerprint density at radius 3 is 2.45 bits per heavy atom. The van der Waals surface area contributed by atoms with Gasteiger partial charge in [-0.25, -0.2) is 0 Å². The molecule has 0 heterocycles. The molecule has 0 amide bonds. The maximum atomic E-state index is 3.71. The fraction of sp³-hybridized carbons (Fsp3) is 0.400. The Bertz CT molecular complexity index is 171. The van der Waals surface area contributed by atoms with Gasteiger partial charge in [0, 0.05) is 0 Å². The highest BCUT2D eigenvalue weighted by molar-refractivity contribution is 9.11.